The number of carboxylic acids is 1. The van der Waals surface area contributed by atoms with Crippen molar-refractivity contribution in [2.24, 2.45) is 0 Å². The van der Waals surface area contributed by atoms with Crippen LogP contribution in [0.5, 0.6) is 0 Å². The minimum Gasteiger partial charge on any atom is -0.478 e. The molecule has 0 spiro atoms. The second kappa shape index (κ2) is 3.34. The van der Waals surface area contributed by atoms with Crippen LogP contribution in [-0.4, -0.2) is 25.6 Å². The average molecular weight is 205 g/mol. The lowest BCUT2D eigenvalue weighted by Gasteiger charge is -2.06. The third-order valence-electron chi connectivity index (χ3n) is 2.25. The van der Waals surface area contributed by atoms with E-state index >= 15 is 0 Å². The molecule has 0 saturated heterocycles. The largest absolute Gasteiger partial charge is 0.478 e. The van der Waals surface area contributed by atoms with Gasteiger partial charge in [-0.05, 0) is 19.9 Å². The molecule has 0 aromatic carbocycles. The van der Waals surface area contributed by atoms with E-state index < -0.39 is 5.97 Å². The summed E-state index contributed by atoms with van der Waals surface area (Å²) in [6, 6.07) is 1.68. The molecule has 1 N–H and O–H groups in total. The first-order chi connectivity index (χ1) is 7.11. The van der Waals surface area contributed by atoms with Crippen molar-refractivity contribution >= 4 is 17.1 Å². The number of rotatable bonds is 2. The molecular weight excluding hydrogens is 194 g/mol. The van der Waals surface area contributed by atoms with E-state index in [4.69, 9.17) is 5.11 Å². The van der Waals surface area contributed by atoms with Crippen molar-refractivity contribution in [3.63, 3.8) is 0 Å². The smallest absolute Gasteiger partial charge is 0.338 e. The van der Waals surface area contributed by atoms with Crippen LogP contribution >= 0.6 is 0 Å². The summed E-state index contributed by atoms with van der Waals surface area (Å²) in [4.78, 5) is 19.1. The normalized spacial score (nSPS) is 11.1. The Morgan fingerprint density at radius 2 is 2.20 bits per heavy atom. The van der Waals surface area contributed by atoms with Crippen LogP contribution in [0.25, 0.3) is 11.2 Å². The summed E-state index contributed by atoms with van der Waals surface area (Å²) < 4.78 is 1.85. The Morgan fingerprint density at radius 1 is 1.47 bits per heavy atom. The fourth-order valence-corrected chi connectivity index (χ4v) is 1.48. The third kappa shape index (κ3) is 1.45. The highest BCUT2D eigenvalue weighted by Crippen LogP contribution is 2.18. The summed E-state index contributed by atoms with van der Waals surface area (Å²) in [6.07, 6.45) is 3.11. The van der Waals surface area contributed by atoms with E-state index in [-0.39, 0.29) is 11.6 Å². The lowest BCUT2D eigenvalue weighted by atomic mass is 10.2. The van der Waals surface area contributed by atoms with Crippen LogP contribution in [0, 0.1) is 0 Å². The van der Waals surface area contributed by atoms with Crippen molar-refractivity contribution in [2.75, 3.05) is 0 Å². The molecule has 2 aromatic rings. The summed E-state index contributed by atoms with van der Waals surface area (Å²) >= 11 is 0. The summed E-state index contributed by atoms with van der Waals surface area (Å²) in [7, 11) is 0. The van der Waals surface area contributed by atoms with Crippen LogP contribution in [-0.2, 0) is 0 Å². The van der Waals surface area contributed by atoms with E-state index in [2.05, 4.69) is 9.97 Å². The quantitative estimate of drug-likeness (QED) is 0.810. The van der Waals surface area contributed by atoms with E-state index in [9.17, 15) is 4.79 Å². The zero-order chi connectivity index (χ0) is 11.0. The van der Waals surface area contributed by atoms with Gasteiger partial charge < -0.3 is 9.67 Å². The molecule has 5 heteroatoms. The predicted molar refractivity (Wildman–Crippen MR) is 54.9 cm³/mol. The molecular formula is C10H11N3O2. The van der Waals surface area contributed by atoms with Crippen LogP contribution in [0.2, 0.25) is 0 Å². The Hall–Kier alpha value is -1.91. The molecule has 0 unspecified atom stereocenters. The Morgan fingerprint density at radius 3 is 2.80 bits per heavy atom. The molecule has 2 rings (SSSR count). The number of hydrogen-bond donors (Lipinski definition) is 1. The number of fused-ring (bicyclic) bond motifs is 1. The molecule has 0 fully saturated rings. The highest BCUT2D eigenvalue weighted by molar-refractivity contribution is 5.99. The van der Waals surface area contributed by atoms with Crippen molar-refractivity contribution in [3.05, 3.63) is 24.2 Å². The zero-order valence-electron chi connectivity index (χ0n) is 8.51. The van der Waals surface area contributed by atoms with Gasteiger partial charge in [0.1, 0.15) is 5.52 Å². The number of nitrogens with zero attached hydrogens (tertiary/aromatic N) is 3. The van der Waals surface area contributed by atoms with Gasteiger partial charge in [-0.1, -0.05) is 0 Å². The number of pyridine rings is 1. The Balaban J connectivity index is 2.74. The maximum absolute atomic E-state index is 10.9. The van der Waals surface area contributed by atoms with Crippen molar-refractivity contribution < 1.29 is 9.90 Å². The SMILES string of the molecule is CC(C)n1cnc2c(C(=O)O)ccnc21. The monoisotopic (exact) mass is 205 g/mol. The van der Waals surface area contributed by atoms with Gasteiger partial charge in [-0.3, -0.25) is 0 Å². The van der Waals surface area contributed by atoms with Crippen LogP contribution in [0.4, 0.5) is 0 Å². The van der Waals surface area contributed by atoms with Gasteiger partial charge in [0.15, 0.2) is 5.65 Å². The molecule has 0 aliphatic rings. The van der Waals surface area contributed by atoms with Gasteiger partial charge in [-0.2, -0.15) is 0 Å². The predicted octanol–water partition coefficient (Wildman–Crippen LogP) is 1.71. The molecule has 0 atom stereocenters. The van der Waals surface area contributed by atoms with Crippen LogP contribution in [0.3, 0.4) is 0 Å². The molecule has 5 nitrogen and oxygen atoms in total. The summed E-state index contributed by atoms with van der Waals surface area (Å²) in [5.74, 6) is -0.976. The van der Waals surface area contributed by atoms with Crippen LogP contribution < -0.4 is 0 Å². The second-order valence-corrected chi connectivity index (χ2v) is 3.58. The second-order valence-electron chi connectivity index (χ2n) is 3.58. The van der Waals surface area contributed by atoms with Gasteiger partial charge >= 0.3 is 5.97 Å². The van der Waals surface area contributed by atoms with Gasteiger partial charge in [0.25, 0.3) is 0 Å². The Bertz CT molecular complexity index is 516. The van der Waals surface area contributed by atoms with Crippen molar-refractivity contribution in [1.29, 1.82) is 0 Å². The minimum absolute atomic E-state index is 0.194. The standard InChI is InChI=1S/C10H11N3O2/c1-6(2)13-5-12-8-7(10(14)15)3-4-11-9(8)13/h3-6H,1-2H3,(H,14,15). The van der Waals surface area contributed by atoms with Gasteiger partial charge in [-0.15, -0.1) is 0 Å². The van der Waals surface area contributed by atoms with Gasteiger partial charge in [0.05, 0.1) is 11.9 Å². The Labute approximate surface area is 86.4 Å². The highest BCUT2D eigenvalue weighted by atomic mass is 16.4. The molecule has 0 amide bonds. The van der Waals surface area contributed by atoms with Gasteiger partial charge in [0.2, 0.25) is 0 Å². The average Bonchev–Trinajstić information content (AvgIpc) is 2.59. The lowest BCUT2D eigenvalue weighted by Crippen LogP contribution is -2.02. The molecule has 0 aliphatic carbocycles. The molecule has 78 valence electrons. The number of carbonyl (C=O) groups is 1. The van der Waals surface area contributed by atoms with Crippen molar-refractivity contribution in [3.8, 4) is 0 Å². The number of carboxylic acid groups (broad SMARTS) is 1. The van der Waals surface area contributed by atoms with Gasteiger partial charge in [0, 0.05) is 12.2 Å². The first kappa shape index (κ1) is 9.64. The topological polar surface area (TPSA) is 68.0 Å². The summed E-state index contributed by atoms with van der Waals surface area (Å²) in [6.45, 7) is 3.99. The molecule has 15 heavy (non-hydrogen) atoms. The van der Waals surface area contributed by atoms with E-state index in [1.807, 2.05) is 18.4 Å². The number of hydrogen-bond acceptors (Lipinski definition) is 3. The third-order valence-corrected chi connectivity index (χ3v) is 2.25. The molecule has 0 bridgehead atoms. The molecule has 0 saturated carbocycles. The molecule has 2 aromatic heterocycles. The van der Waals surface area contributed by atoms with Crippen LogP contribution in [0.15, 0.2) is 18.6 Å². The maximum Gasteiger partial charge on any atom is 0.338 e. The molecule has 2 heterocycles. The van der Waals surface area contributed by atoms with E-state index in [1.54, 1.807) is 6.33 Å². The Kier molecular flexibility index (Phi) is 2.15. The van der Waals surface area contributed by atoms with E-state index in [0.29, 0.717) is 11.2 Å². The number of aromatic carboxylic acids is 1. The molecule has 0 aliphatic heterocycles. The van der Waals surface area contributed by atoms with Crippen molar-refractivity contribution in [2.45, 2.75) is 19.9 Å². The molecule has 0 radical (unpaired) electrons. The number of imidazole rings is 1. The van der Waals surface area contributed by atoms with Gasteiger partial charge in [-0.25, -0.2) is 14.8 Å². The van der Waals surface area contributed by atoms with Crippen molar-refractivity contribution in [1.82, 2.24) is 14.5 Å². The first-order valence-electron chi connectivity index (χ1n) is 4.66. The lowest BCUT2D eigenvalue weighted by molar-refractivity contribution is 0.0698. The van der Waals surface area contributed by atoms with Crippen LogP contribution in [0.1, 0.15) is 30.2 Å². The maximum atomic E-state index is 10.9. The highest BCUT2D eigenvalue weighted by Gasteiger charge is 2.14. The zero-order valence-corrected chi connectivity index (χ0v) is 8.51. The summed E-state index contributed by atoms with van der Waals surface area (Å²) in [5, 5.41) is 8.95. The first-order valence-corrected chi connectivity index (χ1v) is 4.66. The van der Waals surface area contributed by atoms with E-state index in [1.165, 1.54) is 12.3 Å². The summed E-state index contributed by atoms with van der Waals surface area (Å²) in [5.41, 5.74) is 1.25. The number of aromatic nitrogens is 3. The fraction of sp³-hybridized carbons (Fsp3) is 0.300. The minimum atomic E-state index is -0.976. The van der Waals surface area contributed by atoms with E-state index in [0.717, 1.165) is 0 Å². The fourth-order valence-electron chi connectivity index (χ4n) is 1.48.